The van der Waals surface area contributed by atoms with Gasteiger partial charge in [0, 0.05) is 12.6 Å². The molecule has 0 aromatic heterocycles. The molecular weight excluding hydrogens is 239 g/mol. The van der Waals surface area contributed by atoms with E-state index in [0.717, 1.165) is 0 Å². The average Bonchev–Trinajstić information content (AvgIpc) is 2.19. The summed E-state index contributed by atoms with van der Waals surface area (Å²) in [6, 6.07) is 2.79. The Morgan fingerprint density at radius 2 is 2.13 bits per heavy atom. The first-order valence-corrected chi connectivity index (χ1v) is 5.15. The molecule has 0 unspecified atom stereocenters. The fourth-order valence-electron chi connectivity index (χ4n) is 1.17. The van der Waals surface area contributed by atoms with Crippen LogP contribution >= 0.6 is 23.2 Å². The Hall–Kier alpha value is -0.840. The Bertz CT molecular complexity index is 383. The topological polar surface area (TPSA) is 55.2 Å². The Labute approximate surface area is 97.3 Å². The van der Waals surface area contributed by atoms with Crippen LogP contribution in [0.15, 0.2) is 12.1 Å². The number of nitrogens with one attached hydrogen (secondary N) is 1. The van der Waals surface area contributed by atoms with Crippen molar-refractivity contribution in [1.82, 2.24) is 5.32 Å². The lowest BCUT2D eigenvalue weighted by atomic mass is 10.2. The maximum absolute atomic E-state index is 10.7. The summed E-state index contributed by atoms with van der Waals surface area (Å²) in [5.74, 6) is 0. The van der Waals surface area contributed by atoms with Crippen LogP contribution < -0.4 is 5.32 Å². The molecule has 0 aliphatic carbocycles. The largest absolute Gasteiger partial charge is 0.313 e. The molecule has 4 nitrogen and oxygen atoms in total. The van der Waals surface area contributed by atoms with Gasteiger partial charge in [-0.1, -0.05) is 30.1 Å². The maximum Gasteiger partial charge on any atom is 0.275 e. The number of hydrogen-bond donors (Lipinski definition) is 1. The van der Waals surface area contributed by atoms with Crippen molar-refractivity contribution in [2.45, 2.75) is 13.5 Å². The normalized spacial score (nSPS) is 10.3. The number of benzene rings is 1. The monoisotopic (exact) mass is 248 g/mol. The number of halogens is 2. The van der Waals surface area contributed by atoms with E-state index in [1.807, 2.05) is 6.92 Å². The molecule has 1 rings (SSSR count). The second-order valence-corrected chi connectivity index (χ2v) is 3.68. The summed E-state index contributed by atoms with van der Waals surface area (Å²) in [7, 11) is 0. The van der Waals surface area contributed by atoms with Crippen LogP contribution in [-0.4, -0.2) is 11.5 Å². The van der Waals surface area contributed by atoms with Crippen LogP contribution in [0, 0.1) is 10.1 Å². The summed E-state index contributed by atoms with van der Waals surface area (Å²) in [6.07, 6.45) is 0. The van der Waals surface area contributed by atoms with Gasteiger partial charge in [-0.2, -0.15) is 0 Å². The van der Waals surface area contributed by atoms with E-state index < -0.39 is 4.92 Å². The van der Waals surface area contributed by atoms with Crippen LogP contribution in [0.1, 0.15) is 12.5 Å². The standard InChI is InChI=1S/C9H10Cl2N2O2/c1-2-12-5-6-8(13(14)15)4-3-7(10)9(6)11/h3-4,12H,2,5H2,1H3. The molecule has 1 aromatic rings. The van der Waals surface area contributed by atoms with Crippen molar-refractivity contribution >= 4 is 28.9 Å². The molecule has 0 bridgehead atoms. The Morgan fingerprint density at radius 3 is 2.67 bits per heavy atom. The Balaban J connectivity index is 3.16. The van der Waals surface area contributed by atoms with E-state index in [9.17, 15) is 10.1 Å². The molecule has 0 radical (unpaired) electrons. The van der Waals surface area contributed by atoms with E-state index in [1.54, 1.807) is 0 Å². The molecule has 1 N–H and O–H groups in total. The van der Waals surface area contributed by atoms with Crippen LogP contribution in [0.5, 0.6) is 0 Å². The third-order valence-corrected chi connectivity index (χ3v) is 2.76. The van der Waals surface area contributed by atoms with Gasteiger partial charge < -0.3 is 5.32 Å². The fourth-order valence-corrected chi connectivity index (χ4v) is 1.58. The van der Waals surface area contributed by atoms with E-state index in [-0.39, 0.29) is 10.7 Å². The van der Waals surface area contributed by atoms with Crippen molar-refractivity contribution in [1.29, 1.82) is 0 Å². The van der Waals surface area contributed by atoms with Crippen LogP contribution in [-0.2, 0) is 6.54 Å². The molecule has 0 aliphatic heterocycles. The molecule has 0 spiro atoms. The number of hydrogen-bond acceptors (Lipinski definition) is 3. The first-order valence-electron chi connectivity index (χ1n) is 4.40. The fraction of sp³-hybridized carbons (Fsp3) is 0.333. The number of nitro groups is 1. The lowest BCUT2D eigenvalue weighted by Gasteiger charge is -2.06. The molecular formula is C9H10Cl2N2O2. The summed E-state index contributed by atoms with van der Waals surface area (Å²) in [5, 5.41) is 14.3. The summed E-state index contributed by atoms with van der Waals surface area (Å²) >= 11 is 11.7. The number of nitrogens with zero attached hydrogens (tertiary/aromatic N) is 1. The van der Waals surface area contributed by atoms with Gasteiger partial charge in [0.2, 0.25) is 0 Å². The van der Waals surface area contributed by atoms with Gasteiger partial charge in [-0.15, -0.1) is 0 Å². The molecule has 15 heavy (non-hydrogen) atoms. The summed E-state index contributed by atoms with van der Waals surface area (Å²) in [6.45, 7) is 2.95. The molecule has 0 amide bonds. The third kappa shape index (κ3) is 2.81. The van der Waals surface area contributed by atoms with Crippen molar-refractivity contribution in [2.75, 3.05) is 6.54 Å². The van der Waals surface area contributed by atoms with Gasteiger partial charge in [-0.05, 0) is 12.6 Å². The number of rotatable bonds is 4. The van der Waals surface area contributed by atoms with Gasteiger partial charge in [-0.25, -0.2) is 0 Å². The molecule has 82 valence electrons. The minimum absolute atomic E-state index is 0.00894. The molecule has 0 atom stereocenters. The lowest BCUT2D eigenvalue weighted by Crippen LogP contribution is -2.13. The Kier molecular flexibility index (Phi) is 4.32. The zero-order chi connectivity index (χ0) is 11.4. The molecule has 1 aromatic carbocycles. The van der Waals surface area contributed by atoms with Crippen LogP contribution in [0.25, 0.3) is 0 Å². The highest BCUT2D eigenvalue weighted by Crippen LogP contribution is 2.32. The van der Waals surface area contributed by atoms with Crippen LogP contribution in [0.3, 0.4) is 0 Å². The predicted octanol–water partition coefficient (Wildman–Crippen LogP) is 3.01. The third-order valence-electron chi connectivity index (χ3n) is 1.92. The second-order valence-electron chi connectivity index (χ2n) is 2.90. The van der Waals surface area contributed by atoms with Crippen molar-refractivity contribution in [3.8, 4) is 0 Å². The van der Waals surface area contributed by atoms with Gasteiger partial charge in [0.25, 0.3) is 5.69 Å². The van der Waals surface area contributed by atoms with Gasteiger partial charge in [0.1, 0.15) is 0 Å². The van der Waals surface area contributed by atoms with Crippen molar-refractivity contribution in [2.24, 2.45) is 0 Å². The smallest absolute Gasteiger partial charge is 0.275 e. The zero-order valence-electron chi connectivity index (χ0n) is 8.09. The van der Waals surface area contributed by atoms with E-state index in [2.05, 4.69) is 5.32 Å². The average molecular weight is 249 g/mol. The first-order chi connectivity index (χ1) is 7.07. The minimum atomic E-state index is -0.463. The second kappa shape index (κ2) is 5.30. The van der Waals surface area contributed by atoms with Crippen molar-refractivity contribution < 1.29 is 4.92 Å². The van der Waals surface area contributed by atoms with E-state index in [4.69, 9.17) is 23.2 Å². The lowest BCUT2D eigenvalue weighted by molar-refractivity contribution is -0.385. The van der Waals surface area contributed by atoms with Gasteiger partial charge >= 0.3 is 0 Å². The highest BCUT2D eigenvalue weighted by molar-refractivity contribution is 6.42. The van der Waals surface area contributed by atoms with E-state index in [0.29, 0.717) is 23.7 Å². The molecule has 0 aliphatic rings. The number of nitro benzene ring substituents is 1. The zero-order valence-corrected chi connectivity index (χ0v) is 9.60. The van der Waals surface area contributed by atoms with E-state index in [1.165, 1.54) is 12.1 Å². The van der Waals surface area contributed by atoms with E-state index >= 15 is 0 Å². The maximum atomic E-state index is 10.7. The summed E-state index contributed by atoms with van der Waals surface area (Å²) in [4.78, 5) is 10.3. The van der Waals surface area contributed by atoms with Crippen molar-refractivity contribution in [3.05, 3.63) is 37.9 Å². The van der Waals surface area contributed by atoms with Gasteiger partial charge in [-0.3, -0.25) is 10.1 Å². The van der Waals surface area contributed by atoms with Crippen LogP contribution in [0.4, 0.5) is 5.69 Å². The Morgan fingerprint density at radius 1 is 1.47 bits per heavy atom. The summed E-state index contributed by atoms with van der Waals surface area (Å²) in [5.41, 5.74) is 0.418. The quantitative estimate of drug-likeness (QED) is 0.659. The van der Waals surface area contributed by atoms with Gasteiger partial charge in [0.05, 0.1) is 20.5 Å². The van der Waals surface area contributed by atoms with Crippen LogP contribution in [0.2, 0.25) is 10.0 Å². The first kappa shape index (κ1) is 12.2. The molecule has 6 heteroatoms. The molecule has 0 saturated heterocycles. The molecule has 0 fully saturated rings. The molecule has 0 saturated carbocycles. The van der Waals surface area contributed by atoms with Crippen molar-refractivity contribution in [3.63, 3.8) is 0 Å². The minimum Gasteiger partial charge on any atom is -0.313 e. The highest BCUT2D eigenvalue weighted by atomic mass is 35.5. The predicted molar refractivity (Wildman–Crippen MR) is 60.5 cm³/mol. The summed E-state index contributed by atoms with van der Waals surface area (Å²) < 4.78 is 0. The van der Waals surface area contributed by atoms with Gasteiger partial charge in [0.15, 0.2) is 0 Å². The molecule has 0 heterocycles. The highest BCUT2D eigenvalue weighted by Gasteiger charge is 2.18. The SMILES string of the molecule is CCNCc1c([N+](=O)[O-])ccc(Cl)c1Cl.